The van der Waals surface area contributed by atoms with Crippen LogP contribution in [0.5, 0.6) is 0 Å². The predicted molar refractivity (Wildman–Crippen MR) is 73.9 cm³/mol. The van der Waals surface area contributed by atoms with Crippen LogP contribution >= 0.6 is 15.9 Å². The van der Waals surface area contributed by atoms with Gasteiger partial charge in [-0.2, -0.15) is 0 Å². The fourth-order valence-electron chi connectivity index (χ4n) is 2.77. The second-order valence-electron chi connectivity index (χ2n) is 4.65. The van der Waals surface area contributed by atoms with E-state index in [0.717, 1.165) is 22.4 Å². The normalized spacial score (nSPS) is 26.3. The topological polar surface area (TPSA) is 41.6 Å². The monoisotopic (exact) mass is 310 g/mol. The van der Waals surface area contributed by atoms with Gasteiger partial charge in [0.1, 0.15) is 0 Å². The predicted octanol–water partition coefficient (Wildman–Crippen LogP) is 2.24. The molecule has 1 amide bonds. The zero-order valence-electron chi connectivity index (χ0n) is 10.1. The molecule has 2 aliphatic rings. The molecule has 1 aromatic carbocycles. The van der Waals surface area contributed by atoms with Gasteiger partial charge in [-0.25, -0.2) is 0 Å². The standard InChI is InChI=1S/C13H15BrN2O2/c1-2-16-11-4-3-8(14)5-10(11)15-13(17)9-6-18-7-12(9)16/h3-5,9,12H,2,6-7H2,1H3,(H,15,17). The van der Waals surface area contributed by atoms with E-state index in [1.807, 2.05) is 18.2 Å². The van der Waals surface area contributed by atoms with E-state index in [1.54, 1.807) is 0 Å². The Morgan fingerprint density at radius 3 is 3.11 bits per heavy atom. The molecule has 0 saturated carbocycles. The average Bonchev–Trinajstić information content (AvgIpc) is 2.78. The minimum Gasteiger partial charge on any atom is -0.378 e. The smallest absolute Gasteiger partial charge is 0.232 e. The zero-order chi connectivity index (χ0) is 12.7. The number of halogens is 1. The lowest BCUT2D eigenvalue weighted by molar-refractivity contribution is -0.120. The highest BCUT2D eigenvalue weighted by Gasteiger charge is 2.40. The zero-order valence-corrected chi connectivity index (χ0v) is 11.7. The van der Waals surface area contributed by atoms with Crippen molar-refractivity contribution < 1.29 is 9.53 Å². The Hall–Kier alpha value is -1.07. The van der Waals surface area contributed by atoms with Gasteiger partial charge in [0.15, 0.2) is 0 Å². The van der Waals surface area contributed by atoms with Gasteiger partial charge >= 0.3 is 0 Å². The third kappa shape index (κ3) is 1.82. The molecule has 1 fully saturated rings. The quantitative estimate of drug-likeness (QED) is 0.865. The molecular weight excluding hydrogens is 296 g/mol. The van der Waals surface area contributed by atoms with Crippen LogP contribution in [0, 0.1) is 5.92 Å². The number of nitrogens with zero attached hydrogens (tertiary/aromatic N) is 1. The molecule has 4 nitrogen and oxygen atoms in total. The van der Waals surface area contributed by atoms with Crippen LogP contribution < -0.4 is 10.2 Å². The SMILES string of the molecule is CCN1c2ccc(Br)cc2NC(=O)C2COCC21. The lowest BCUT2D eigenvalue weighted by Crippen LogP contribution is -2.42. The summed E-state index contributed by atoms with van der Waals surface area (Å²) in [6, 6.07) is 6.16. The summed E-state index contributed by atoms with van der Waals surface area (Å²) in [6.07, 6.45) is 0. The fraction of sp³-hybridized carbons (Fsp3) is 0.462. The van der Waals surface area contributed by atoms with Gasteiger partial charge < -0.3 is 15.0 Å². The van der Waals surface area contributed by atoms with Crippen LogP contribution in [0.3, 0.4) is 0 Å². The first-order chi connectivity index (χ1) is 8.70. The number of amides is 1. The molecule has 2 heterocycles. The minimum absolute atomic E-state index is 0.0628. The first kappa shape index (κ1) is 12.0. The summed E-state index contributed by atoms with van der Waals surface area (Å²) < 4.78 is 6.45. The van der Waals surface area contributed by atoms with Crippen LogP contribution in [0.1, 0.15) is 6.92 Å². The highest BCUT2D eigenvalue weighted by Crippen LogP contribution is 2.36. The van der Waals surface area contributed by atoms with Crippen molar-refractivity contribution in [2.24, 2.45) is 5.92 Å². The Morgan fingerprint density at radius 2 is 2.33 bits per heavy atom. The van der Waals surface area contributed by atoms with Gasteiger partial charge in [0.25, 0.3) is 0 Å². The summed E-state index contributed by atoms with van der Waals surface area (Å²) >= 11 is 3.44. The van der Waals surface area contributed by atoms with Crippen molar-refractivity contribution in [3.63, 3.8) is 0 Å². The molecule has 0 spiro atoms. The van der Waals surface area contributed by atoms with Gasteiger partial charge in [-0.1, -0.05) is 15.9 Å². The van der Waals surface area contributed by atoms with Crippen LogP contribution in [-0.4, -0.2) is 31.7 Å². The molecule has 18 heavy (non-hydrogen) atoms. The van der Waals surface area contributed by atoms with E-state index in [1.165, 1.54) is 0 Å². The van der Waals surface area contributed by atoms with Crippen molar-refractivity contribution in [1.29, 1.82) is 0 Å². The molecule has 1 saturated heterocycles. The molecule has 1 N–H and O–H groups in total. The van der Waals surface area contributed by atoms with E-state index in [0.29, 0.717) is 13.2 Å². The maximum absolute atomic E-state index is 12.2. The van der Waals surface area contributed by atoms with Crippen LogP contribution in [0.4, 0.5) is 11.4 Å². The molecule has 1 aromatic rings. The third-order valence-corrected chi connectivity index (χ3v) is 4.15. The van der Waals surface area contributed by atoms with Crippen LogP contribution in [0.2, 0.25) is 0 Å². The molecule has 3 rings (SSSR count). The number of hydrogen-bond acceptors (Lipinski definition) is 3. The maximum atomic E-state index is 12.2. The molecule has 5 heteroatoms. The summed E-state index contributed by atoms with van der Waals surface area (Å²) in [6.45, 7) is 4.12. The lowest BCUT2D eigenvalue weighted by Gasteiger charge is -2.30. The van der Waals surface area contributed by atoms with Gasteiger partial charge in [0.2, 0.25) is 5.91 Å². The van der Waals surface area contributed by atoms with Crippen molar-refractivity contribution in [3.05, 3.63) is 22.7 Å². The Labute approximate surface area is 114 Å². The first-order valence-corrected chi connectivity index (χ1v) is 6.95. The van der Waals surface area contributed by atoms with Crippen molar-refractivity contribution >= 4 is 33.2 Å². The third-order valence-electron chi connectivity index (χ3n) is 3.65. The largest absolute Gasteiger partial charge is 0.378 e. The number of anilines is 2. The Morgan fingerprint density at radius 1 is 1.50 bits per heavy atom. The van der Waals surface area contributed by atoms with Gasteiger partial charge in [-0.3, -0.25) is 4.79 Å². The van der Waals surface area contributed by atoms with Gasteiger partial charge in [-0.05, 0) is 25.1 Å². The van der Waals surface area contributed by atoms with Crippen molar-refractivity contribution in [1.82, 2.24) is 0 Å². The molecule has 2 aliphatic heterocycles. The van der Waals surface area contributed by atoms with E-state index in [9.17, 15) is 4.79 Å². The van der Waals surface area contributed by atoms with E-state index in [4.69, 9.17) is 4.74 Å². The van der Waals surface area contributed by atoms with Crippen molar-refractivity contribution in [2.75, 3.05) is 30.0 Å². The van der Waals surface area contributed by atoms with Crippen molar-refractivity contribution in [2.45, 2.75) is 13.0 Å². The van der Waals surface area contributed by atoms with Crippen LogP contribution in [0.25, 0.3) is 0 Å². The second kappa shape index (κ2) is 4.55. The van der Waals surface area contributed by atoms with Crippen molar-refractivity contribution in [3.8, 4) is 0 Å². The minimum atomic E-state index is -0.0730. The maximum Gasteiger partial charge on any atom is 0.232 e. The fourth-order valence-corrected chi connectivity index (χ4v) is 3.13. The summed E-state index contributed by atoms with van der Waals surface area (Å²) in [5.74, 6) is -0.0103. The van der Waals surface area contributed by atoms with E-state index >= 15 is 0 Å². The van der Waals surface area contributed by atoms with Crippen LogP contribution in [0.15, 0.2) is 22.7 Å². The van der Waals surface area contributed by atoms with E-state index < -0.39 is 0 Å². The number of likely N-dealkylation sites (N-methyl/N-ethyl adjacent to an activating group) is 1. The number of benzene rings is 1. The van der Waals surface area contributed by atoms with Crippen LogP contribution in [-0.2, 0) is 9.53 Å². The Balaban J connectivity index is 2.09. The van der Waals surface area contributed by atoms with Gasteiger partial charge in [-0.15, -0.1) is 0 Å². The number of ether oxygens (including phenoxy) is 1. The number of hydrogen-bond donors (Lipinski definition) is 1. The number of rotatable bonds is 1. The summed E-state index contributed by atoms with van der Waals surface area (Å²) in [7, 11) is 0. The van der Waals surface area contributed by atoms with E-state index in [-0.39, 0.29) is 17.9 Å². The molecule has 0 bridgehead atoms. The first-order valence-electron chi connectivity index (χ1n) is 6.15. The average molecular weight is 311 g/mol. The van der Waals surface area contributed by atoms with Gasteiger partial charge in [0, 0.05) is 11.0 Å². The molecular formula is C13H15BrN2O2. The summed E-state index contributed by atoms with van der Waals surface area (Å²) in [5, 5.41) is 3.01. The highest BCUT2D eigenvalue weighted by atomic mass is 79.9. The Kier molecular flexibility index (Phi) is 3.03. The molecule has 2 atom stereocenters. The summed E-state index contributed by atoms with van der Waals surface area (Å²) in [4.78, 5) is 14.5. The molecule has 2 unspecified atom stereocenters. The molecule has 96 valence electrons. The summed E-state index contributed by atoms with van der Waals surface area (Å²) in [5.41, 5.74) is 1.96. The second-order valence-corrected chi connectivity index (χ2v) is 5.56. The van der Waals surface area contributed by atoms with Gasteiger partial charge in [0.05, 0.1) is 36.5 Å². The Bertz CT molecular complexity index is 492. The highest BCUT2D eigenvalue weighted by molar-refractivity contribution is 9.10. The molecule has 0 aromatic heterocycles. The number of nitrogens with one attached hydrogen (secondary N) is 1. The lowest BCUT2D eigenvalue weighted by atomic mass is 10.0. The molecule has 0 radical (unpaired) electrons. The number of fused-ring (bicyclic) bond motifs is 2. The molecule has 0 aliphatic carbocycles. The number of carbonyl (C=O) groups excluding carboxylic acids is 1. The number of carbonyl (C=O) groups is 1. The van der Waals surface area contributed by atoms with E-state index in [2.05, 4.69) is 33.1 Å².